The van der Waals surface area contributed by atoms with Crippen molar-refractivity contribution in [2.45, 2.75) is 83.3 Å². The smallest absolute Gasteiger partial charge is 0.226 e. The Bertz CT molecular complexity index is 1320. The van der Waals surface area contributed by atoms with Crippen molar-refractivity contribution < 1.29 is 24.1 Å². The Kier molecular flexibility index (Phi) is 5.24. The average Bonchev–Trinajstić information content (AvgIpc) is 3.68. The van der Waals surface area contributed by atoms with Crippen molar-refractivity contribution in [3.63, 3.8) is 0 Å². The highest BCUT2D eigenvalue weighted by atomic mass is 16.9. The highest BCUT2D eigenvalue weighted by molar-refractivity contribution is 5.59. The lowest BCUT2D eigenvalue weighted by Gasteiger charge is -2.61. The third-order valence-electron chi connectivity index (χ3n) is 12.0. The fourth-order valence-electron chi connectivity index (χ4n) is 10.2. The number of allylic oxidation sites excluding steroid dienone is 1. The van der Waals surface area contributed by atoms with Crippen LogP contribution in [0.3, 0.4) is 0 Å². The van der Waals surface area contributed by atoms with E-state index in [0.29, 0.717) is 24.9 Å². The van der Waals surface area contributed by atoms with Gasteiger partial charge in [0.25, 0.3) is 0 Å². The molecule has 5 fully saturated rings. The molecule has 0 bridgehead atoms. The zero-order valence-electron chi connectivity index (χ0n) is 23.3. The number of aryl methyl sites for hydroxylation is 1. The summed E-state index contributed by atoms with van der Waals surface area (Å²) in [5.41, 5.74) is 5.72. The van der Waals surface area contributed by atoms with Gasteiger partial charge in [0.05, 0.1) is 24.5 Å². The highest BCUT2D eigenvalue weighted by Crippen LogP contribution is 2.71. The van der Waals surface area contributed by atoms with Crippen molar-refractivity contribution in [3.05, 3.63) is 58.4 Å². The van der Waals surface area contributed by atoms with Crippen LogP contribution < -0.4 is 0 Å². The maximum atomic E-state index is 12.0. The summed E-state index contributed by atoms with van der Waals surface area (Å²) in [4.78, 5) is 0. The molecule has 6 aliphatic rings. The maximum absolute atomic E-state index is 12.0. The van der Waals surface area contributed by atoms with Crippen molar-refractivity contribution in [1.82, 2.24) is 9.78 Å². The summed E-state index contributed by atoms with van der Waals surface area (Å²) in [5.74, 6) is 0.266. The average molecular weight is 533 g/mol. The van der Waals surface area contributed by atoms with Crippen LogP contribution in [0.4, 0.5) is 0 Å². The van der Waals surface area contributed by atoms with Crippen molar-refractivity contribution in [2.75, 3.05) is 20.2 Å². The zero-order valence-corrected chi connectivity index (χ0v) is 23.3. The summed E-state index contributed by atoms with van der Waals surface area (Å²) >= 11 is 0. The second kappa shape index (κ2) is 8.26. The lowest BCUT2D eigenvalue weighted by molar-refractivity contribution is -0.257. The third-order valence-corrected chi connectivity index (χ3v) is 12.0. The van der Waals surface area contributed by atoms with Crippen LogP contribution >= 0.6 is 0 Å². The fraction of sp³-hybridized carbons (Fsp3) is 0.656. The highest BCUT2D eigenvalue weighted by Gasteiger charge is 2.76. The van der Waals surface area contributed by atoms with Gasteiger partial charge in [-0.3, -0.25) is 4.68 Å². The maximum Gasteiger partial charge on any atom is 0.226 e. The molecule has 3 saturated carbocycles. The quantitative estimate of drug-likeness (QED) is 0.597. The first-order chi connectivity index (χ1) is 18.8. The van der Waals surface area contributed by atoms with Gasteiger partial charge in [0, 0.05) is 5.41 Å². The summed E-state index contributed by atoms with van der Waals surface area (Å²) in [5, 5.41) is 16.9. The molecule has 2 aliphatic heterocycles. The fourth-order valence-corrected chi connectivity index (χ4v) is 10.2. The van der Waals surface area contributed by atoms with E-state index in [1.165, 1.54) is 28.0 Å². The summed E-state index contributed by atoms with van der Waals surface area (Å²) in [6.45, 7) is 8.53. The molecule has 1 aromatic heterocycles. The first-order valence-electron chi connectivity index (χ1n) is 14.8. The molecule has 1 unspecified atom stereocenters. The van der Waals surface area contributed by atoms with E-state index in [1.807, 2.05) is 0 Å². The van der Waals surface area contributed by atoms with Gasteiger partial charge >= 0.3 is 0 Å². The lowest BCUT2D eigenvalue weighted by atomic mass is 9.45. The summed E-state index contributed by atoms with van der Waals surface area (Å²) in [6, 6.07) is 8.74. The van der Waals surface area contributed by atoms with Crippen LogP contribution in [0.25, 0.3) is 6.08 Å². The van der Waals surface area contributed by atoms with Crippen LogP contribution in [-0.4, -0.2) is 52.6 Å². The van der Waals surface area contributed by atoms with Gasteiger partial charge < -0.3 is 24.1 Å². The van der Waals surface area contributed by atoms with Gasteiger partial charge in [0.15, 0.2) is 13.6 Å². The predicted octanol–water partition coefficient (Wildman–Crippen LogP) is 4.84. The second-order valence-corrected chi connectivity index (χ2v) is 13.6. The lowest BCUT2D eigenvalue weighted by Crippen LogP contribution is -2.66. The monoisotopic (exact) mass is 532 g/mol. The summed E-state index contributed by atoms with van der Waals surface area (Å²) in [7, 11) is 0. The Labute approximate surface area is 230 Å². The second-order valence-electron chi connectivity index (χ2n) is 13.6. The van der Waals surface area contributed by atoms with Crippen molar-refractivity contribution in [2.24, 2.45) is 28.6 Å². The molecule has 39 heavy (non-hydrogen) atoms. The first kappa shape index (κ1) is 24.7. The largest absolute Gasteiger partial charge is 0.393 e. The van der Waals surface area contributed by atoms with E-state index >= 15 is 0 Å². The number of aliphatic hydroxyl groups excluding tert-OH is 1. The molecule has 0 radical (unpaired) electrons. The Morgan fingerprint density at radius 2 is 1.90 bits per heavy atom. The minimum Gasteiger partial charge on any atom is -0.393 e. The van der Waals surface area contributed by atoms with E-state index in [4.69, 9.17) is 24.0 Å². The van der Waals surface area contributed by atoms with Gasteiger partial charge in [-0.15, -0.1) is 0 Å². The number of rotatable bonds is 2. The van der Waals surface area contributed by atoms with E-state index in [1.54, 1.807) is 0 Å². The molecule has 2 saturated heterocycles. The number of hydrogen-bond donors (Lipinski definition) is 1. The molecule has 208 valence electrons. The minimum atomic E-state index is -0.849. The molecular weight excluding hydrogens is 492 g/mol. The molecule has 8 rings (SSSR count). The SMILES string of the molecule is Cc1ccc(Cn2ncc3c2C=C2CC[C@@H]4[C@H]([C@@H](O)C[C@@]5(C)[C@H]4CC[C@@]54OCOC45COCO5)[C@@]2(C)C3)cc1. The number of nitrogens with zero attached hydrogens (tertiary/aromatic N) is 2. The molecule has 3 heterocycles. The molecule has 1 aromatic carbocycles. The topological polar surface area (TPSA) is 75.0 Å². The molecule has 0 amide bonds. The van der Waals surface area contributed by atoms with E-state index in [2.05, 4.69) is 62.0 Å². The van der Waals surface area contributed by atoms with Crippen LogP contribution in [0.1, 0.15) is 68.3 Å². The van der Waals surface area contributed by atoms with Crippen molar-refractivity contribution >= 4 is 6.08 Å². The van der Waals surface area contributed by atoms with E-state index in [9.17, 15) is 5.11 Å². The van der Waals surface area contributed by atoms with Gasteiger partial charge in [-0.25, -0.2) is 0 Å². The molecule has 4 aliphatic carbocycles. The standard InChI is InChI=1S/C32H40N2O5/c1-20-4-6-21(7-5-20)16-34-26-12-23-8-9-24-25-10-11-31(32(39-19-37-31)17-36-18-38-32)30(25,3)14-27(35)28(24)29(23,2)13-22(26)15-33-34/h4-7,12,15,24-25,27-28,35H,8-11,13-14,16-19H2,1-3H3/t24-,25-,27-,28+,29-,30-,31+,32?/m0/s1. The van der Waals surface area contributed by atoms with Gasteiger partial charge in [-0.1, -0.05) is 49.2 Å². The van der Waals surface area contributed by atoms with Crippen LogP contribution in [0.15, 0.2) is 36.0 Å². The van der Waals surface area contributed by atoms with Crippen LogP contribution in [0.2, 0.25) is 0 Å². The Morgan fingerprint density at radius 1 is 1.08 bits per heavy atom. The van der Waals surface area contributed by atoms with Crippen LogP contribution in [0.5, 0.6) is 0 Å². The molecule has 2 spiro atoms. The Hall–Kier alpha value is -2.03. The number of hydrogen-bond acceptors (Lipinski definition) is 6. The van der Waals surface area contributed by atoms with Crippen LogP contribution in [0, 0.1) is 35.5 Å². The van der Waals surface area contributed by atoms with Gasteiger partial charge in [0.2, 0.25) is 5.79 Å². The van der Waals surface area contributed by atoms with Gasteiger partial charge in [-0.05, 0) is 85.8 Å². The number of aromatic nitrogens is 2. The Balaban J connectivity index is 1.12. The molecular formula is C32H40N2O5. The van der Waals surface area contributed by atoms with E-state index in [0.717, 1.165) is 38.6 Å². The van der Waals surface area contributed by atoms with Gasteiger partial charge in [-0.2, -0.15) is 5.10 Å². The van der Waals surface area contributed by atoms with Crippen molar-refractivity contribution in [1.29, 1.82) is 0 Å². The third kappa shape index (κ3) is 3.14. The molecule has 7 nitrogen and oxygen atoms in total. The molecule has 8 atom stereocenters. The molecule has 2 aromatic rings. The summed E-state index contributed by atoms with van der Waals surface area (Å²) in [6.07, 6.45) is 9.86. The predicted molar refractivity (Wildman–Crippen MR) is 144 cm³/mol. The molecule has 7 heteroatoms. The summed E-state index contributed by atoms with van der Waals surface area (Å²) < 4.78 is 26.7. The molecule has 1 N–H and O–H groups in total. The van der Waals surface area contributed by atoms with E-state index < -0.39 is 17.5 Å². The van der Waals surface area contributed by atoms with Crippen LogP contribution in [-0.2, 0) is 31.9 Å². The number of ether oxygens (including phenoxy) is 4. The van der Waals surface area contributed by atoms with Gasteiger partial charge in [0.1, 0.15) is 12.2 Å². The number of fused-ring (bicyclic) bond motifs is 8. The number of aliphatic hydroxyl groups is 1. The van der Waals surface area contributed by atoms with Crippen molar-refractivity contribution in [3.8, 4) is 0 Å². The zero-order chi connectivity index (χ0) is 26.6. The first-order valence-corrected chi connectivity index (χ1v) is 14.8. The number of benzene rings is 1. The van der Waals surface area contributed by atoms with E-state index in [-0.39, 0.29) is 30.3 Å². The Morgan fingerprint density at radius 3 is 2.69 bits per heavy atom. The normalized spacial score (nSPS) is 44.3. The minimum absolute atomic E-state index is 0.0676.